The lowest BCUT2D eigenvalue weighted by molar-refractivity contribution is -0.121. The molecule has 1 saturated heterocycles. The molecule has 22 heavy (non-hydrogen) atoms. The number of furan rings is 1. The summed E-state index contributed by atoms with van der Waals surface area (Å²) in [6, 6.07) is 3.23. The predicted octanol–water partition coefficient (Wildman–Crippen LogP) is 1.65. The predicted molar refractivity (Wildman–Crippen MR) is 89.2 cm³/mol. The minimum atomic E-state index is -0.310. The molecule has 2 N–H and O–H groups in total. The summed E-state index contributed by atoms with van der Waals surface area (Å²) >= 11 is 3.15. The van der Waals surface area contributed by atoms with Crippen molar-refractivity contribution in [3.05, 3.63) is 22.6 Å². The summed E-state index contributed by atoms with van der Waals surface area (Å²) in [5, 5.41) is 6.19. The van der Waals surface area contributed by atoms with Gasteiger partial charge in [0, 0.05) is 13.6 Å². The number of nitrogens with one attached hydrogen (secondary N) is 2. The van der Waals surface area contributed by atoms with Gasteiger partial charge in [0.1, 0.15) is 0 Å². The highest BCUT2D eigenvalue weighted by Gasteiger charge is 2.19. The van der Waals surface area contributed by atoms with Crippen LogP contribution in [0.4, 0.5) is 0 Å². The summed E-state index contributed by atoms with van der Waals surface area (Å²) in [5.41, 5.74) is 0. The van der Waals surface area contributed by atoms with Gasteiger partial charge in [-0.2, -0.15) is 0 Å². The van der Waals surface area contributed by atoms with Gasteiger partial charge in [-0.05, 0) is 59.9 Å². The molecule has 1 aliphatic rings. The van der Waals surface area contributed by atoms with Gasteiger partial charge >= 0.3 is 0 Å². The van der Waals surface area contributed by atoms with Crippen LogP contribution in [0.25, 0.3) is 0 Å². The first-order valence-electron chi connectivity index (χ1n) is 7.04. The first-order chi connectivity index (χ1) is 10.1. The summed E-state index contributed by atoms with van der Waals surface area (Å²) in [6.45, 7) is 2.67. The molecule has 0 aliphatic carbocycles. The van der Waals surface area contributed by atoms with E-state index in [1.165, 1.54) is 4.90 Å². The normalized spacial score (nSPS) is 17.5. The van der Waals surface area contributed by atoms with E-state index in [1.54, 1.807) is 19.2 Å². The summed E-state index contributed by atoms with van der Waals surface area (Å²) in [5.74, 6) is 0.232. The summed E-state index contributed by atoms with van der Waals surface area (Å²) < 4.78 is 5.68. The molecule has 0 radical (unpaired) electrons. The zero-order chi connectivity index (χ0) is 15.2. The molecule has 8 heteroatoms. The van der Waals surface area contributed by atoms with E-state index < -0.39 is 0 Å². The lowest BCUT2D eigenvalue weighted by Gasteiger charge is -2.23. The molecule has 1 aromatic rings. The first kappa shape index (κ1) is 19.0. The van der Waals surface area contributed by atoms with Crippen molar-refractivity contribution in [3.8, 4) is 0 Å². The van der Waals surface area contributed by atoms with Gasteiger partial charge in [-0.15, -0.1) is 12.4 Å². The van der Waals surface area contributed by atoms with Gasteiger partial charge < -0.3 is 20.0 Å². The Hall–Kier alpha value is -1.05. The van der Waals surface area contributed by atoms with E-state index in [4.69, 9.17) is 4.42 Å². The standard InChI is InChI=1S/C14H20BrN3O3.ClH/c1-18(14(20)11-4-5-12(15)21-11)9-13(19)17-8-10-3-2-6-16-7-10;/h4-5,10,16H,2-3,6-9H2,1H3,(H,17,19);1H. The molecule has 124 valence electrons. The summed E-state index contributed by atoms with van der Waals surface area (Å²) in [7, 11) is 1.58. The molecular formula is C14H21BrClN3O3. The Balaban J connectivity index is 0.00000242. The van der Waals surface area contributed by atoms with Crippen LogP contribution in [0, 0.1) is 5.92 Å². The zero-order valence-corrected chi connectivity index (χ0v) is 14.8. The zero-order valence-electron chi connectivity index (χ0n) is 12.4. The van der Waals surface area contributed by atoms with Crippen molar-refractivity contribution < 1.29 is 14.0 Å². The molecule has 0 saturated carbocycles. The Labute approximate surface area is 144 Å². The van der Waals surface area contributed by atoms with Crippen LogP contribution in [0.3, 0.4) is 0 Å². The molecule has 2 amide bonds. The summed E-state index contributed by atoms with van der Waals surface area (Å²) in [6.07, 6.45) is 2.27. The highest BCUT2D eigenvalue weighted by atomic mass is 79.9. The fraction of sp³-hybridized carbons (Fsp3) is 0.571. The minimum Gasteiger partial charge on any atom is -0.444 e. The van der Waals surface area contributed by atoms with Crippen molar-refractivity contribution in [3.63, 3.8) is 0 Å². The number of halogens is 2. The molecule has 2 rings (SSSR count). The first-order valence-corrected chi connectivity index (χ1v) is 7.84. The Morgan fingerprint density at radius 3 is 2.86 bits per heavy atom. The number of rotatable bonds is 5. The van der Waals surface area contributed by atoms with Crippen molar-refractivity contribution in [2.75, 3.05) is 33.2 Å². The van der Waals surface area contributed by atoms with E-state index in [-0.39, 0.29) is 36.5 Å². The van der Waals surface area contributed by atoms with Crippen LogP contribution in [0.2, 0.25) is 0 Å². The molecule has 0 spiro atoms. The molecule has 1 atom stereocenters. The van der Waals surface area contributed by atoms with Crippen LogP contribution in [0.15, 0.2) is 21.2 Å². The lowest BCUT2D eigenvalue weighted by Crippen LogP contribution is -2.42. The number of nitrogens with zero attached hydrogens (tertiary/aromatic N) is 1. The van der Waals surface area contributed by atoms with Crippen LogP contribution in [-0.2, 0) is 4.79 Å². The molecule has 1 aromatic heterocycles. The van der Waals surface area contributed by atoms with Crippen LogP contribution in [-0.4, -0.2) is 49.9 Å². The van der Waals surface area contributed by atoms with Gasteiger partial charge in [0.2, 0.25) is 5.91 Å². The number of hydrogen-bond donors (Lipinski definition) is 2. The van der Waals surface area contributed by atoms with E-state index in [0.717, 1.165) is 25.9 Å². The fourth-order valence-corrected chi connectivity index (χ4v) is 2.62. The minimum absolute atomic E-state index is 0. The average Bonchev–Trinajstić information content (AvgIpc) is 2.92. The third kappa shape index (κ3) is 5.62. The monoisotopic (exact) mass is 393 g/mol. The van der Waals surface area contributed by atoms with Crippen molar-refractivity contribution in [1.29, 1.82) is 0 Å². The quantitative estimate of drug-likeness (QED) is 0.796. The number of hydrogen-bond acceptors (Lipinski definition) is 4. The number of likely N-dealkylation sites (N-methyl/N-ethyl adjacent to an activating group) is 1. The Morgan fingerprint density at radius 2 is 2.27 bits per heavy atom. The van der Waals surface area contributed by atoms with Gasteiger partial charge in [0.05, 0.1) is 6.54 Å². The van der Waals surface area contributed by atoms with E-state index in [9.17, 15) is 9.59 Å². The SMILES string of the molecule is CN(CC(=O)NCC1CCCNC1)C(=O)c1ccc(Br)o1.Cl. The van der Waals surface area contributed by atoms with Crippen molar-refractivity contribution >= 4 is 40.2 Å². The van der Waals surface area contributed by atoms with Crippen molar-refractivity contribution in [2.24, 2.45) is 5.92 Å². The fourth-order valence-electron chi connectivity index (χ4n) is 2.32. The second kappa shape index (κ2) is 9.17. The molecule has 1 fully saturated rings. The van der Waals surface area contributed by atoms with E-state index in [0.29, 0.717) is 17.1 Å². The number of carbonyl (C=O) groups excluding carboxylic acids is 2. The lowest BCUT2D eigenvalue weighted by atomic mass is 10.00. The van der Waals surface area contributed by atoms with E-state index >= 15 is 0 Å². The molecule has 2 heterocycles. The van der Waals surface area contributed by atoms with Gasteiger partial charge in [-0.3, -0.25) is 9.59 Å². The maximum atomic E-state index is 12.0. The van der Waals surface area contributed by atoms with Crippen LogP contribution < -0.4 is 10.6 Å². The largest absolute Gasteiger partial charge is 0.444 e. The highest BCUT2D eigenvalue weighted by Crippen LogP contribution is 2.15. The van der Waals surface area contributed by atoms with Crippen LogP contribution in [0.1, 0.15) is 23.4 Å². The maximum absolute atomic E-state index is 12.0. The molecular weight excluding hydrogens is 374 g/mol. The van der Waals surface area contributed by atoms with Crippen molar-refractivity contribution in [1.82, 2.24) is 15.5 Å². The average molecular weight is 395 g/mol. The summed E-state index contributed by atoms with van der Waals surface area (Å²) in [4.78, 5) is 25.2. The molecule has 0 aromatic carbocycles. The Kier molecular flexibility index (Phi) is 7.92. The van der Waals surface area contributed by atoms with Crippen molar-refractivity contribution in [2.45, 2.75) is 12.8 Å². The Bertz CT molecular complexity index is 503. The Morgan fingerprint density at radius 1 is 1.50 bits per heavy atom. The third-order valence-electron chi connectivity index (χ3n) is 3.50. The second-order valence-corrected chi connectivity index (χ2v) is 6.06. The van der Waals surface area contributed by atoms with Gasteiger partial charge in [-0.25, -0.2) is 0 Å². The molecule has 1 aliphatic heterocycles. The number of carbonyl (C=O) groups is 2. The second-order valence-electron chi connectivity index (χ2n) is 5.28. The van der Waals surface area contributed by atoms with Gasteiger partial charge in [-0.1, -0.05) is 0 Å². The van der Waals surface area contributed by atoms with Crippen LogP contribution in [0.5, 0.6) is 0 Å². The number of amides is 2. The van der Waals surface area contributed by atoms with Gasteiger partial charge in [0.15, 0.2) is 10.4 Å². The topological polar surface area (TPSA) is 74.6 Å². The smallest absolute Gasteiger partial charge is 0.289 e. The maximum Gasteiger partial charge on any atom is 0.289 e. The molecule has 6 nitrogen and oxygen atoms in total. The van der Waals surface area contributed by atoms with Gasteiger partial charge in [0.25, 0.3) is 5.91 Å². The highest BCUT2D eigenvalue weighted by molar-refractivity contribution is 9.10. The van der Waals surface area contributed by atoms with E-state index in [1.807, 2.05) is 0 Å². The molecule has 0 bridgehead atoms. The number of piperidine rings is 1. The molecule has 1 unspecified atom stereocenters. The van der Waals surface area contributed by atoms with E-state index in [2.05, 4.69) is 26.6 Å². The third-order valence-corrected chi connectivity index (χ3v) is 3.92. The van der Waals surface area contributed by atoms with Crippen LogP contribution >= 0.6 is 28.3 Å².